The van der Waals surface area contributed by atoms with E-state index < -0.39 is 0 Å². The Morgan fingerprint density at radius 3 is 2.43 bits per heavy atom. The Labute approximate surface area is 130 Å². The third kappa shape index (κ3) is 4.39. The van der Waals surface area contributed by atoms with E-state index in [0.717, 1.165) is 6.42 Å². The number of hydrogen-bond acceptors (Lipinski definition) is 3. The minimum Gasteiger partial charge on any atom is -0.493 e. The zero-order valence-electron chi connectivity index (χ0n) is 11.8. The number of benzene rings is 2. The first-order valence-corrected chi connectivity index (χ1v) is 6.40. The molecule has 0 aromatic heterocycles. The summed E-state index contributed by atoms with van der Waals surface area (Å²) < 4.78 is 11.0. The van der Waals surface area contributed by atoms with Crippen molar-refractivity contribution in [1.29, 1.82) is 5.41 Å². The summed E-state index contributed by atoms with van der Waals surface area (Å²) in [5.41, 5.74) is 7.32. The quantitative estimate of drug-likeness (QED) is 0.636. The SMILES string of the molecule is COc1cccc(C(=N)N)c1OCCc1ccccc1.Cl. The summed E-state index contributed by atoms with van der Waals surface area (Å²) in [6.07, 6.45) is 0.788. The molecule has 2 aromatic carbocycles. The van der Waals surface area contributed by atoms with E-state index in [-0.39, 0.29) is 18.2 Å². The van der Waals surface area contributed by atoms with Crippen LogP contribution in [0.25, 0.3) is 0 Å². The van der Waals surface area contributed by atoms with Gasteiger partial charge in [-0.3, -0.25) is 5.41 Å². The van der Waals surface area contributed by atoms with Crippen LogP contribution in [0.4, 0.5) is 0 Å². The molecule has 2 rings (SSSR count). The van der Waals surface area contributed by atoms with Crippen LogP contribution in [0, 0.1) is 5.41 Å². The fraction of sp³-hybridized carbons (Fsp3) is 0.188. The van der Waals surface area contributed by atoms with Crippen molar-refractivity contribution in [2.75, 3.05) is 13.7 Å². The number of hydrogen-bond donors (Lipinski definition) is 2. The summed E-state index contributed by atoms with van der Waals surface area (Å²) in [7, 11) is 1.57. The van der Waals surface area contributed by atoms with Crippen LogP contribution in [0.5, 0.6) is 11.5 Å². The Kier molecular flexibility index (Phi) is 6.56. The number of nitrogens with two attached hydrogens (primary N) is 1. The van der Waals surface area contributed by atoms with Crippen LogP contribution in [-0.4, -0.2) is 19.6 Å². The van der Waals surface area contributed by atoms with Crippen LogP contribution < -0.4 is 15.2 Å². The molecule has 0 heterocycles. The average Bonchev–Trinajstić information content (AvgIpc) is 2.48. The standard InChI is InChI=1S/C16H18N2O2.ClH/c1-19-14-9-5-8-13(16(17)18)15(14)20-11-10-12-6-3-2-4-7-12;/h2-9H,10-11H2,1H3,(H3,17,18);1H. The molecule has 0 spiro atoms. The van der Waals surface area contributed by atoms with Gasteiger partial charge < -0.3 is 15.2 Å². The van der Waals surface area contributed by atoms with Crippen LogP contribution in [-0.2, 0) is 6.42 Å². The summed E-state index contributed by atoms with van der Waals surface area (Å²) in [6.45, 7) is 0.505. The van der Waals surface area contributed by atoms with Crippen molar-refractivity contribution in [2.24, 2.45) is 5.73 Å². The van der Waals surface area contributed by atoms with Gasteiger partial charge in [0.25, 0.3) is 0 Å². The normalized spacial score (nSPS) is 9.57. The second-order valence-corrected chi connectivity index (χ2v) is 4.33. The number of rotatable bonds is 6. The van der Waals surface area contributed by atoms with Gasteiger partial charge in [0.05, 0.1) is 19.3 Å². The largest absolute Gasteiger partial charge is 0.493 e. The van der Waals surface area contributed by atoms with Gasteiger partial charge in [-0.05, 0) is 17.7 Å². The average molecular weight is 307 g/mol. The van der Waals surface area contributed by atoms with Crippen LogP contribution in [0.2, 0.25) is 0 Å². The number of ether oxygens (including phenoxy) is 2. The second-order valence-electron chi connectivity index (χ2n) is 4.33. The van der Waals surface area contributed by atoms with Crippen LogP contribution in [0.15, 0.2) is 48.5 Å². The molecule has 0 bridgehead atoms. The maximum absolute atomic E-state index is 7.59. The van der Waals surface area contributed by atoms with Gasteiger partial charge in [0.1, 0.15) is 5.84 Å². The van der Waals surface area contributed by atoms with Gasteiger partial charge in [-0.25, -0.2) is 0 Å². The fourth-order valence-corrected chi connectivity index (χ4v) is 1.95. The predicted molar refractivity (Wildman–Crippen MR) is 86.9 cm³/mol. The molecule has 2 aromatic rings. The molecular formula is C16H19ClN2O2. The number of nitrogens with one attached hydrogen (secondary N) is 1. The van der Waals surface area contributed by atoms with Gasteiger partial charge >= 0.3 is 0 Å². The number of methoxy groups -OCH3 is 1. The molecule has 0 saturated carbocycles. The van der Waals surface area contributed by atoms with E-state index in [4.69, 9.17) is 20.6 Å². The molecule has 0 atom stereocenters. The fourth-order valence-electron chi connectivity index (χ4n) is 1.95. The first-order chi connectivity index (χ1) is 9.72. The van der Waals surface area contributed by atoms with E-state index in [1.807, 2.05) is 18.2 Å². The third-order valence-corrected chi connectivity index (χ3v) is 2.97. The molecule has 21 heavy (non-hydrogen) atoms. The van der Waals surface area contributed by atoms with Crippen molar-refractivity contribution in [3.8, 4) is 11.5 Å². The lowest BCUT2D eigenvalue weighted by atomic mass is 10.1. The molecule has 0 saturated heterocycles. The van der Waals surface area contributed by atoms with Gasteiger partial charge in [-0.2, -0.15) is 0 Å². The molecular weight excluding hydrogens is 288 g/mol. The Bertz CT molecular complexity index is 588. The topological polar surface area (TPSA) is 68.3 Å². The van der Waals surface area contributed by atoms with Crippen LogP contribution in [0.1, 0.15) is 11.1 Å². The molecule has 4 nitrogen and oxygen atoms in total. The third-order valence-electron chi connectivity index (χ3n) is 2.97. The molecule has 0 radical (unpaired) electrons. The van der Waals surface area contributed by atoms with E-state index in [1.54, 1.807) is 25.3 Å². The van der Waals surface area contributed by atoms with Crippen molar-refractivity contribution < 1.29 is 9.47 Å². The first-order valence-electron chi connectivity index (χ1n) is 6.40. The lowest BCUT2D eigenvalue weighted by Crippen LogP contribution is -2.14. The lowest BCUT2D eigenvalue weighted by molar-refractivity contribution is 0.297. The molecule has 5 heteroatoms. The Balaban J connectivity index is 0.00000220. The smallest absolute Gasteiger partial charge is 0.172 e. The van der Waals surface area contributed by atoms with Crippen molar-refractivity contribution >= 4 is 18.2 Å². The first kappa shape index (κ1) is 16.9. The van der Waals surface area contributed by atoms with E-state index in [0.29, 0.717) is 23.7 Å². The summed E-state index contributed by atoms with van der Waals surface area (Å²) >= 11 is 0. The van der Waals surface area contributed by atoms with Crippen molar-refractivity contribution in [3.05, 3.63) is 59.7 Å². The van der Waals surface area contributed by atoms with E-state index in [1.165, 1.54) is 5.56 Å². The summed E-state index contributed by atoms with van der Waals surface area (Å²) in [4.78, 5) is 0. The Morgan fingerprint density at radius 1 is 1.10 bits per heavy atom. The molecule has 0 amide bonds. The van der Waals surface area contributed by atoms with Crippen molar-refractivity contribution in [2.45, 2.75) is 6.42 Å². The molecule has 0 aliphatic heterocycles. The number of nitrogen functional groups attached to an aromatic ring is 1. The molecule has 0 aliphatic rings. The van der Waals surface area contributed by atoms with Crippen LogP contribution >= 0.6 is 12.4 Å². The molecule has 0 unspecified atom stereocenters. The van der Waals surface area contributed by atoms with Gasteiger partial charge in [0, 0.05) is 6.42 Å². The Morgan fingerprint density at radius 2 is 1.81 bits per heavy atom. The highest BCUT2D eigenvalue weighted by molar-refractivity contribution is 5.98. The highest BCUT2D eigenvalue weighted by Gasteiger charge is 2.12. The summed E-state index contributed by atoms with van der Waals surface area (Å²) in [6, 6.07) is 15.4. The van der Waals surface area contributed by atoms with Gasteiger partial charge in [0.2, 0.25) is 0 Å². The molecule has 0 fully saturated rings. The maximum Gasteiger partial charge on any atom is 0.172 e. The predicted octanol–water partition coefficient (Wildman–Crippen LogP) is 3.02. The minimum atomic E-state index is -0.0291. The Hall–Kier alpha value is -2.20. The summed E-state index contributed by atoms with van der Waals surface area (Å²) in [5, 5.41) is 7.59. The van der Waals surface area contributed by atoms with E-state index >= 15 is 0 Å². The summed E-state index contributed by atoms with van der Waals surface area (Å²) in [5.74, 6) is 1.09. The van der Waals surface area contributed by atoms with Crippen molar-refractivity contribution in [1.82, 2.24) is 0 Å². The molecule has 112 valence electrons. The second kappa shape index (κ2) is 8.17. The maximum atomic E-state index is 7.59. The van der Waals surface area contributed by atoms with E-state index in [9.17, 15) is 0 Å². The highest BCUT2D eigenvalue weighted by atomic mass is 35.5. The van der Waals surface area contributed by atoms with Gasteiger partial charge in [0.15, 0.2) is 11.5 Å². The molecule has 3 N–H and O–H groups in total. The lowest BCUT2D eigenvalue weighted by Gasteiger charge is -2.14. The zero-order chi connectivity index (χ0) is 14.4. The van der Waals surface area contributed by atoms with Crippen LogP contribution in [0.3, 0.4) is 0 Å². The van der Waals surface area contributed by atoms with Gasteiger partial charge in [-0.15, -0.1) is 12.4 Å². The number of amidine groups is 1. The van der Waals surface area contributed by atoms with Gasteiger partial charge in [-0.1, -0.05) is 36.4 Å². The van der Waals surface area contributed by atoms with E-state index in [2.05, 4.69) is 12.1 Å². The number of halogens is 1. The zero-order valence-corrected chi connectivity index (χ0v) is 12.7. The monoisotopic (exact) mass is 306 g/mol. The van der Waals surface area contributed by atoms with Crippen molar-refractivity contribution in [3.63, 3.8) is 0 Å². The highest BCUT2D eigenvalue weighted by Crippen LogP contribution is 2.30. The minimum absolute atomic E-state index is 0. The number of para-hydroxylation sites is 1. The molecule has 0 aliphatic carbocycles.